The van der Waals surface area contributed by atoms with E-state index >= 15 is 4.39 Å². The van der Waals surface area contributed by atoms with Crippen LogP contribution in [0.1, 0.15) is 38.2 Å². The summed E-state index contributed by atoms with van der Waals surface area (Å²) in [6.07, 6.45) is 6.35. The van der Waals surface area contributed by atoms with Crippen molar-refractivity contribution >= 4 is 17.5 Å². The van der Waals surface area contributed by atoms with Gasteiger partial charge in [-0.25, -0.2) is 19.3 Å². The first-order valence-corrected chi connectivity index (χ1v) is 11.1. The number of rotatable bonds is 9. The number of hydrogen-bond acceptors (Lipinski definition) is 6. The largest absolute Gasteiger partial charge is 0.463 e. The molecule has 0 bridgehead atoms. The Morgan fingerprint density at radius 1 is 1.30 bits per heavy atom. The Labute approximate surface area is 194 Å². The van der Waals surface area contributed by atoms with Crippen LogP contribution in [-0.2, 0) is 11.3 Å². The number of H-pyrrole nitrogens is 1. The smallest absolute Gasteiger partial charge is 0.316 e. The second-order valence-electron chi connectivity index (χ2n) is 7.91. The maximum atomic E-state index is 15.3. The summed E-state index contributed by atoms with van der Waals surface area (Å²) in [5.74, 6) is -0.303. The molecule has 8 nitrogen and oxygen atoms in total. The topological polar surface area (TPSA) is 110 Å². The summed E-state index contributed by atoms with van der Waals surface area (Å²) in [6.45, 7) is 2.46. The quantitative estimate of drug-likeness (QED) is 0.490. The van der Waals surface area contributed by atoms with Crippen LogP contribution < -0.4 is 15.6 Å². The van der Waals surface area contributed by atoms with Crippen LogP contribution in [-0.4, -0.2) is 32.4 Å². The van der Waals surface area contributed by atoms with Crippen LogP contribution in [0.2, 0.25) is 5.02 Å². The van der Waals surface area contributed by atoms with Crippen LogP contribution in [0, 0.1) is 11.7 Å². The molecule has 4 rings (SSSR count). The molecule has 172 valence electrons. The second kappa shape index (κ2) is 10.1. The number of carbonyl (C=O) groups is 1. The highest BCUT2D eigenvalue weighted by Gasteiger charge is 2.22. The van der Waals surface area contributed by atoms with E-state index < -0.39 is 11.4 Å². The molecule has 33 heavy (non-hydrogen) atoms. The van der Waals surface area contributed by atoms with Crippen molar-refractivity contribution in [1.82, 2.24) is 25.3 Å². The van der Waals surface area contributed by atoms with Crippen molar-refractivity contribution in [3.05, 3.63) is 57.3 Å². The summed E-state index contributed by atoms with van der Waals surface area (Å²) < 4.78 is 20.8. The molecule has 0 saturated heterocycles. The van der Waals surface area contributed by atoms with Crippen LogP contribution >= 0.6 is 11.6 Å². The van der Waals surface area contributed by atoms with Crippen molar-refractivity contribution in [1.29, 1.82) is 0 Å². The van der Waals surface area contributed by atoms with Crippen molar-refractivity contribution in [3.8, 4) is 28.7 Å². The Bertz CT molecular complexity index is 1210. The zero-order valence-electron chi connectivity index (χ0n) is 18.0. The summed E-state index contributed by atoms with van der Waals surface area (Å²) in [4.78, 5) is 39.3. The first kappa shape index (κ1) is 22.8. The first-order valence-electron chi connectivity index (χ1n) is 10.7. The lowest BCUT2D eigenvalue weighted by Gasteiger charge is -2.12. The van der Waals surface area contributed by atoms with Crippen molar-refractivity contribution in [2.24, 2.45) is 5.92 Å². The zero-order chi connectivity index (χ0) is 23.4. The van der Waals surface area contributed by atoms with Crippen LogP contribution in [0.3, 0.4) is 0 Å². The van der Waals surface area contributed by atoms with Gasteiger partial charge in [-0.05, 0) is 31.2 Å². The number of benzene rings is 1. The number of aromatic amines is 1. The van der Waals surface area contributed by atoms with Crippen molar-refractivity contribution in [2.45, 2.75) is 39.2 Å². The van der Waals surface area contributed by atoms with Gasteiger partial charge in [0, 0.05) is 42.6 Å². The normalized spacial score (nSPS) is 13.1. The average Bonchev–Trinajstić information content (AvgIpc) is 3.62. The minimum atomic E-state index is -0.667. The molecule has 0 unspecified atom stereocenters. The van der Waals surface area contributed by atoms with E-state index in [9.17, 15) is 9.59 Å². The molecule has 3 aromatic rings. The minimum Gasteiger partial charge on any atom is -0.463 e. The van der Waals surface area contributed by atoms with E-state index in [1.165, 1.54) is 30.6 Å². The van der Waals surface area contributed by atoms with Gasteiger partial charge in [0.1, 0.15) is 11.6 Å². The van der Waals surface area contributed by atoms with E-state index in [4.69, 9.17) is 16.3 Å². The highest BCUT2D eigenvalue weighted by molar-refractivity contribution is 6.33. The second-order valence-corrected chi connectivity index (χ2v) is 8.32. The summed E-state index contributed by atoms with van der Waals surface area (Å²) in [5, 5.41) is 2.75. The highest BCUT2D eigenvalue weighted by atomic mass is 35.5. The number of carbonyl (C=O) groups excluding carboxylic acids is 1. The number of nitrogens with one attached hydrogen (secondary N) is 2. The van der Waals surface area contributed by atoms with Crippen molar-refractivity contribution in [2.75, 3.05) is 6.61 Å². The van der Waals surface area contributed by atoms with Gasteiger partial charge in [0.25, 0.3) is 5.56 Å². The minimum absolute atomic E-state index is 0.00504. The average molecular weight is 472 g/mol. The molecule has 1 aliphatic rings. The van der Waals surface area contributed by atoms with E-state index in [-0.39, 0.29) is 46.1 Å². The Balaban J connectivity index is 1.61. The molecule has 10 heteroatoms. The van der Waals surface area contributed by atoms with Gasteiger partial charge in [-0.3, -0.25) is 9.59 Å². The SMILES string of the molecule is CCCC(=O)NCc1ccc(Cl)c(-c2nc(-c3cnc(OCC4CC4)nc3)cc(=O)[nH]2)c1F. The summed E-state index contributed by atoms with van der Waals surface area (Å²) >= 11 is 6.25. The molecular formula is C23H23ClFN5O3. The van der Waals surface area contributed by atoms with Gasteiger partial charge >= 0.3 is 6.01 Å². The molecule has 1 aliphatic carbocycles. The predicted molar refractivity (Wildman–Crippen MR) is 121 cm³/mol. The molecule has 1 fully saturated rings. The Morgan fingerprint density at radius 3 is 2.76 bits per heavy atom. The summed E-state index contributed by atoms with van der Waals surface area (Å²) in [5.41, 5.74) is 0.428. The molecule has 1 saturated carbocycles. The fourth-order valence-electron chi connectivity index (χ4n) is 3.18. The van der Waals surface area contributed by atoms with Gasteiger partial charge < -0.3 is 15.0 Å². The lowest BCUT2D eigenvalue weighted by molar-refractivity contribution is -0.121. The third-order valence-corrected chi connectivity index (χ3v) is 5.49. The number of aromatic nitrogens is 4. The summed E-state index contributed by atoms with van der Waals surface area (Å²) in [6, 6.07) is 4.52. The predicted octanol–water partition coefficient (Wildman–Crippen LogP) is 3.89. The number of ether oxygens (including phenoxy) is 1. The van der Waals surface area contributed by atoms with Crippen LogP contribution in [0.15, 0.2) is 35.4 Å². The van der Waals surface area contributed by atoms with Crippen LogP contribution in [0.25, 0.3) is 22.6 Å². The van der Waals surface area contributed by atoms with E-state index in [2.05, 4.69) is 25.3 Å². The molecule has 1 aromatic carbocycles. The molecule has 2 N–H and O–H groups in total. The van der Waals surface area contributed by atoms with E-state index in [0.29, 0.717) is 30.9 Å². The Kier molecular flexibility index (Phi) is 6.98. The molecule has 0 radical (unpaired) electrons. The lowest BCUT2D eigenvalue weighted by Crippen LogP contribution is -2.23. The highest BCUT2D eigenvalue weighted by Crippen LogP contribution is 2.31. The van der Waals surface area contributed by atoms with Gasteiger partial charge in [0.15, 0.2) is 0 Å². The lowest BCUT2D eigenvalue weighted by atomic mass is 10.1. The van der Waals surface area contributed by atoms with Crippen molar-refractivity contribution in [3.63, 3.8) is 0 Å². The summed E-state index contributed by atoms with van der Waals surface area (Å²) in [7, 11) is 0. The molecule has 2 heterocycles. The molecule has 0 atom stereocenters. The third-order valence-electron chi connectivity index (χ3n) is 5.17. The van der Waals surface area contributed by atoms with Crippen LogP contribution in [0.5, 0.6) is 6.01 Å². The number of halogens is 2. The van der Waals surface area contributed by atoms with E-state index in [1.807, 2.05) is 6.92 Å². The van der Waals surface area contributed by atoms with Gasteiger partial charge in [-0.1, -0.05) is 24.6 Å². The molecule has 1 amide bonds. The van der Waals surface area contributed by atoms with Crippen molar-refractivity contribution < 1.29 is 13.9 Å². The zero-order valence-corrected chi connectivity index (χ0v) is 18.8. The fourth-order valence-corrected chi connectivity index (χ4v) is 3.42. The van der Waals surface area contributed by atoms with E-state index in [1.54, 1.807) is 0 Å². The number of hydrogen-bond donors (Lipinski definition) is 2. The molecule has 2 aromatic heterocycles. The van der Waals surface area contributed by atoms with Gasteiger partial charge in [-0.15, -0.1) is 0 Å². The maximum absolute atomic E-state index is 15.3. The van der Waals surface area contributed by atoms with E-state index in [0.717, 1.165) is 12.8 Å². The standard InChI is InChI=1S/C23H23ClFN5O3/c1-2-3-18(31)26-9-14-6-7-16(24)20(21(14)25)22-29-17(8-19(32)30-22)15-10-27-23(28-11-15)33-12-13-4-5-13/h6-8,10-11,13H,2-5,9,12H2,1H3,(H,26,31)(H,29,30,32). The number of nitrogens with zero attached hydrogens (tertiary/aromatic N) is 3. The molecular weight excluding hydrogens is 449 g/mol. The Hall–Kier alpha value is -3.33. The maximum Gasteiger partial charge on any atom is 0.316 e. The van der Waals surface area contributed by atoms with Gasteiger partial charge in [0.2, 0.25) is 5.91 Å². The fraction of sp³-hybridized carbons (Fsp3) is 0.348. The monoisotopic (exact) mass is 471 g/mol. The molecule has 0 aliphatic heterocycles. The van der Waals surface area contributed by atoms with Gasteiger partial charge in [0.05, 0.1) is 22.9 Å². The Morgan fingerprint density at radius 2 is 2.06 bits per heavy atom. The molecule has 0 spiro atoms. The first-order chi connectivity index (χ1) is 15.9. The number of amides is 1. The third kappa shape index (κ3) is 5.73. The van der Waals surface area contributed by atoms with Gasteiger partial charge in [-0.2, -0.15) is 0 Å². The van der Waals surface area contributed by atoms with Crippen LogP contribution in [0.4, 0.5) is 4.39 Å².